The Labute approximate surface area is 127 Å². The van der Waals surface area contributed by atoms with E-state index >= 15 is 0 Å². The largest absolute Gasteiger partial charge is 0.340 e. The summed E-state index contributed by atoms with van der Waals surface area (Å²) in [5, 5.41) is 2.87. The molecule has 0 radical (unpaired) electrons. The minimum Gasteiger partial charge on any atom is -0.340 e. The van der Waals surface area contributed by atoms with Gasteiger partial charge in [-0.15, -0.1) is 6.42 Å². The molecule has 1 heterocycles. The maximum Gasteiger partial charge on any atom is 0.272 e. The van der Waals surface area contributed by atoms with Gasteiger partial charge in [-0.2, -0.15) is 0 Å². The maximum atomic E-state index is 12.3. The van der Waals surface area contributed by atoms with Crippen LogP contribution in [0.5, 0.6) is 0 Å². The number of terminal acetylenes is 1. The third-order valence-corrected chi connectivity index (χ3v) is 3.32. The van der Waals surface area contributed by atoms with E-state index in [1.807, 2.05) is 42.8 Å². The van der Waals surface area contributed by atoms with Crippen LogP contribution >= 0.6 is 15.9 Å². The second-order valence-corrected chi connectivity index (χ2v) is 5.64. The number of carbonyl (C=O) groups excluding carboxylic acids is 1. The van der Waals surface area contributed by atoms with E-state index in [-0.39, 0.29) is 11.9 Å². The molecule has 20 heavy (non-hydrogen) atoms. The highest BCUT2D eigenvalue weighted by atomic mass is 79.9. The lowest BCUT2D eigenvalue weighted by Gasteiger charge is -2.12. The highest BCUT2D eigenvalue weighted by Crippen LogP contribution is 2.20. The first-order valence-electron chi connectivity index (χ1n) is 6.26. The van der Waals surface area contributed by atoms with Crippen LogP contribution in [0.3, 0.4) is 0 Å². The smallest absolute Gasteiger partial charge is 0.272 e. The number of nitrogens with one attached hydrogen (secondary N) is 1. The molecule has 0 aliphatic carbocycles. The Kier molecular flexibility index (Phi) is 4.31. The summed E-state index contributed by atoms with van der Waals surface area (Å²) >= 11 is 3.40. The van der Waals surface area contributed by atoms with E-state index in [1.54, 1.807) is 12.1 Å². The molecule has 0 spiro atoms. The SMILES string of the molecule is C#Cc1cccc(NC(=O)c2cc(Br)cn2C(C)C)c1. The number of benzene rings is 1. The molecule has 0 saturated heterocycles. The van der Waals surface area contributed by atoms with E-state index in [4.69, 9.17) is 6.42 Å². The summed E-state index contributed by atoms with van der Waals surface area (Å²) in [5.74, 6) is 2.40. The van der Waals surface area contributed by atoms with Gasteiger partial charge in [0.1, 0.15) is 5.69 Å². The molecule has 2 rings (SSSR count). The average molecular weight is 331 g/mol. The fourth-order valence-electron chi connectivity index (χ4n) is 1.94. The topological polar surface area (TPSA) is 34.0 Å². The van der Waals surface area contributed by atoms with Gasteiger partial charge in [0.15, 0.2) is 0 Å². The fraction of sp³-hybridized carbons (Fsp3) is 0.188. The lowest BCUT2D eigenvalue weighted by Crippen LogP contribution is -2.17. The molecule has 3 nitrogen and oxygen atoms in total. The van der Waals surface area contributed by atoms with Crippen LogP contribution in [0.25, 0.3) is 0 Å². The van der Waals surface area contributed by atoms with Gasteiger partial charge in [0.05, 0.1) is 0 Å². The molecule has 2 aromatic rings. The molecule has 0 aliphatic heterocycles. The minimum absolute atomic E-state index is 0.154. The first-order chi connectivity index (χ1) is 9.51. The number of anilines is 1. The van der Waals surface area contributed by atoms with Gasteiger partial charge in [-0.1, -0.05) is 12.0 Å². The van der Waals surface area contributed by atoms with Crippen LogP contribution in [-0.2, 0) is 0 Å². The summed E-state index contributed by atoms with van der Waals surface area (Å²) < 4.78 is 2.80. The number of hydrogen-bond donors (Lipinski definition) is 1. The summed E-state index contributed by atoms with van der Waals surface area (Å²) in [6.45, 7) is 4.06. The summed E-state index contributed by atoms with van der Waals surface area (Å²) in [5.41, 5.74) is 2.04. The molecular formula is C16H15BrN2O. The molecular weight excluding hydrogens is 316 g/mol. The number of hydrogen-bond acceptors (Lipinski definition) is 1. The van der Waals surface area contributed by atoms with E-state index in [0.717, 1.165) is 10.0 Å². The number of amides is 1. The standard InChI is InChI=1S/C16H15BrN2O/c1-4-12-6-5-7-14(8-12)18-16(20)15-9-13(17)10-19(15)11(2)3/h1,5-11H,2-3H3,(H,18,20). The van der Waals surface area contributed by atoms with Crippen LogP contribution in [0.15, 0.2) is 41.0 Å². The van der Waals surface area contributed by atoms with Gasteiger partial charge in [-0.3, -0.25) is 4.79 Å². The van der Waals surface area contributed by atoms with Crippen LogP contribution in [-0.4, -0.2) is 10.5 Å². The molecule has 0 fully saturated rings. The number of nitrogens with zero attached hydrogens (tertiary/aromatic N) is 1. The predicted molar refractivity (Wildman–Crippen MR) is 84.8 cm³/mol. The minimum atomic E-state index is -0.154. The summed E-state index contributed by atoms with van der Waals surface area (Å²) in [6, 6.07) is 9.25. The van der Waals surface area contributed by atoms with Crippen molar-refractivity contribution in [2.75, 3.05) is 5.32 Å². The Balaban J connectivity index is 2.26. The van der Waals surface area contributed by atoms with Gasteiger partial charge in [0, 0.05) is 28.0 Å². The van der Waals surface area contributed by atoms with Crippen LogP contribution in [0, 0.1) is 12.3 Å². The predicted octanol–water partition coefficient (Wildman–Crippen LogP) is 4.07. The number of aromatic nitrogens is 1. The Morgan fingerprint density at radius 3 is 2.80 bits per heavy atom. The van der Waals surface area contributed by atoms with Gasteiger partial charge in [0.2, 0.25) is 0 Å². The van der Waals surface area contributed by atoms with Gasteiger partial charge in [0.25, 0.3) is 5.91 Å². The van der Waals surface area contributed by atoms with Crippen molar-refractivity contribution >= 4 is 27.5 Å². The zero-order valence-electron chi connectivity index (χ0n) is 11.4. The van der Waals surface area contributed by atoms with Crippen molar-refractivity contribution in [1.29, 1.82) is 0 Å². The molecule has 102 valence electrons. The molecule has 1 N–H and O–H groups in total. The number of halogens is 1. The Hall–Kier alpha value is -1.99. The quantitative estimate of drug-likeness (QED) is 0.846. The lowest BCUT2D eigenvalue weighted by atomic mass is 10.2. The first-order valence-corrected chi connectivity index (χ1v) is 7.06. The molecule has 4 heteroatoms. The Morgan fingerprint density at radius 1 is 1.40 bits per heavy atom. The van der Waals surface area contributed by atoms with Crippen molar-refractivity contribution in [2.45, 2.75) is 19.9 Å². The Bertz CT molecular complexity index is 680. The summed E-state index contributed by atoms with van der Waals surface area (Å²) in [6.07, 6.45) is 7.26. The van der Waals surface area contributed by atoms with E-state index in [0.29, 0.717) is 11.4 Å². The van der Waals surface area contributed by atoms with Crippen LogP contribution in [0.2, 0.25) is 0 Å². The molecule has 0 unspecified atom stereocenters. The van der Waals surface area contributed by atoms with Crippen molar-refractivity contribution in [3.05, 3.63) is 52.3 Å². The van der Waals surface area contributed by atoms with Crippen LogP contribution in [0.1, 0.15) is 35.9 Å². The Morgan fingerprint density at radius 2 is 2.15 bits per heavy atom. The van der Waals surface area contributed by atoms with Crippen molar-refractivity contribution in [2.24, 2.45) is 0 Å². The van der Waals surface area contributed by atoms with Crippen molar-refractivity contribution in [3.63, 3.8) is 0 Å². The highest BCUT2D eigenvalue weighted by molar-refractivity contribution is 9.10. The zero-order valence-corrected chi connectivity index (χ0v) is 12.9. The molecule has 0 aliphatic rings. The second-order valence-electron chi connectivity index (χ2n) is 4.72. The average Bonchev–Trinajstić information content (AvgIpc) is 2.81. The van der Waals surface area contributed by atoms with Gasteiger partial charge < -0.3 is 9.88 Å². The zero-order chi connectivity index (χ0) is 14.7. The number of carbonyl (C=O) groups is 1. The van der Waals surface area contributed by atoms with Crippen molar-refractivity contribution in [1.82, 2.24) is 4.57 Å². The second kappa shape index (κ2) is 5.98. The van der Waals surface area contributed by atoms with E-state index in [9.17, 15) is 4.79 Å². The highest BCUT2D eigenvalue weighted by Gasteiger charge is 2.15. The van der Waals surface area contributed by atoms with Gasteiger partial charge in [-0.05, 0) is 54.0 Å². The monoisotopic (exact) mass is 330 g/mol. The third kappa shape index (κ3) is 3.12. The van der Waals surface area contributed by atoms with Crippen LogP contribution in [0.4, 0.5) is 5.69 Å². The van der Waals surface area contributed by atoms with Gasteiger partial charge in [-0.25, -0.2) is 0 Å². The van der Waals surface area contributed by atoms with Gasteiger partial charge >= 0.3 is 0 Å². The molecule has 0 bridgehead atoms. The molecule has 1 aromatic heterocycles. The number of rotatable bonds is 3. The van der Waals surface area contributed by atoms with Crippen molar-refractivity contribution in [3.8, 4) is 12.3 Å². The van der Waals surface area contributed by atoms with Crippen LogP contribution < -0.4 is 5.32 Å². The lowest BCUT2D eigenvalue weighted by molar-refractivity contribution is 0.101. The first kappa shape index (κ1) is 14.4. The molecule has 1 amide bonds. The third-order valence-electron chi connectivity index (χ3n) is 2.89. The normalized spacial score (nSPS) is 10.3. The maximum absolute atomic E-state index is 12.3. The molecule has 0 saturated carbocycles. The van der Waals surface area contributed by atoms with Crippen molar-refractivity contribution < 1.29 is 4.79 Å². The molecule has 1 aromatic carbocycles. The molecule has 0 atom stereocenters. The van der Waals surface area contributed by atoms with E-state index < -0.39 is 0 Å². The summed E-state index contributed by atoms with van der Waals surface area (Å²) in [4.78, 5) is 12.3. The summed E-state index contributed by atoms with van der Waals surface area (Å²) in [7, 11) is 0. The van der Waals surface area contributed by atoms with E-state index in [2.05, 4.69) is 27.2 Å². The van der Waals surface area contributed by atoms with E-state index in [1.165, 1.54) is 0 Å². The fourth-order valence-corrected chi connectivity index (χ4v) is 2.37.